The largest absolute Gasteiger partial charge is 0.214 e. The summed E-state index contributed by atoms with van der Waals surface area (Å²) in [5.74, 6) is 0.826. The van der Waals surface area contributed by atoms with E-state index in [2.05, 4.69) is 19.1 Å². The second-order valence-corrected chi connectivity index (χ2v) is 7.81. The van der Waals surface area contributed by atoms with Gasteiger partial charge in [-0.05, 0) is 30.2 Å². The normalized spacial score (nSPS) is 23.6. The highest BCUT2D eigenvalue weighted by Gasteiger charge is 2.32. The van der Waals surface area contributed by atoms with E-state index in [0.717, 1.165) is 6.42 Å². The lowest BCUT2D eigenvalue weighted by Gasteiger charge is -2.36. The Hall–Kier alpha value is -1.38. The van der Waals surface area contributed by atoms with E-state index in [4.69, 9.17) is 5.26 Å². The molecule has 1 aromatic rings. The van der Waals surface area contributed by atoms with Crippen LogP contribution < -0.4 is 0 Å². The molecule has 0 radical (unpaired) electrons. The second-order valence-electron chi connectivity index (χ2n) is 5.72. The quantitative estimate of drug-likeness (QED) is 0.786. The molecule has 0 saturated carbocycles. The molecule has 1 aliphatic heterocycles. The van der Waals surface area contributed by atoms with Gasteiger partial charge in [0.2, 0.25) is 10.0 Å². The van der Waals surface area contributed by atoms with Crippen LogP contribution in [-0.4, -0.2) is 31.6 Å². The van der Waals surface area contributed by atoms with Crippen LogP contribution in [0.15, 0.2) is 30.3 Å². The molecule has 0 aliphatic carbocycles. The summed E-state index contributed by atoms with van der Waals surface area (Å²) in [4.78, 5) is 0. The molecular formula is C16H22N2O2S. The number of rotatable bonds is 5. The molecule has 0 bridgehead atoms. The zero-order valence-electron chi connectivity index (χ0n) is 12.4. The maximum Gasteiger partial charge on any atom is 0.214 e. The fraction of sp³-hybridized carbons (Fsp3) is 0.562. The van der Waals surface area contributed by atoms with Crippen molar-refractivity contribution < 1.29 is 8.42 Å². The molecule has 1 heterocycles. The summed E-state index contributed by atoms with van der Waals surface area (Å²) in [6.45, 7) is 3.28. The summed E-state index contributed by atoms with van der Waals surface area (Å²) >= 11 is 0. The van der Waals surface area contributed by atoms with Gasteiger partial charge in [-0.1, -0.05) is 37.3 Å². The second kappa shape index (κ2) is 7.06. The molecule has 0 N–H and O–H groups in total. The van der Waals surface area contributed by atoms with Crippen molar-refractivity contribution in [3.63, 3.8) is 0 Å². The van der Waals surface area contributed by atoms with Crippen LogP contribution in [0.4, 0.5) is 0 Å². The predicted octanol–water partition coefficient (Wildman–Crippen LogP) is 2.75. The summed E-state index contributed by atoms with van der Waals surface area (Å²) in [5, 5.41) is 8.52. The number of nitrogens with zero attached hydrogens (tertiary/aromatic N) is 2. The molecule has 114 valence electrons. The van der Waals surface area contributed by atoms with Crippen LogP contribution in [-0.2, 0) is 10.0 Å². The Morgan fingerprint density at radius 1 is 1.33 bits per heavy atom. The lowest BCUT2D eigenvalue weighted by molar-refractivity contribution is 0.248. The van der Waals surface area contributed by atoms with Gasteiger partial charge in [-0.15, -0.1) is 0 Å². The Balaban J connectivity index is 1.99. The van der Waals surface area contributed by atoms with Crippen LogP contribution in [0.5, 0.6) is 0 Å². The van der Waals surface area contributed by atoms with E-state index < -0.39 is 10.0 Å². The Morgan fingerprint density at radius 3 is 2.67 bits per heavy atom. The number of sulfonamides is 1. The molecule has 1 aromatic carbocycles. The van der Waals surface area contributed by atoms with E-state index >= 15 is 0 Å². The van der Waals surface area contributed by atoms with Gasteiger partial charge in [-0.2, -0.15) is 5.26 Å². The van der Waals surface area contributed by atoms with Gasteiger partial charge < -0.3 is 0 Å². The van der Waals surface area contributed by atoms with Crippen LogP contribution in [0.25, 0.3) is 0 Å². The number of unbranched alkanes of at least 4 members (excludes halogenated alkanes) is 1. The first-order chi connectivity index (χ1) is 10.0. The zero-order valence-corrected chi connectivity index (χ0v) is 13.2. The summed E-state index contributed by atoms with van der Waals surface area (Å²) in [7, 11) is -3.21. The van der Waals surface area contributed by atoms with Gasteiger partial charge in [0.25, 0.3) is 0 Å². The number of piperidine rings is 1. The summed E-state index contributed by atoms with van der Waals surface area (Å²) in [6.07, 6.45) is 1.59. The van der Waals surface area contributed by atoms with Crippen LogP contribution in [0.3, 0.4) is 0 Å². The smallest absolute Gasteiger partial charge is 0.212 e. The molecule has 0 spiro atoms. The van der Waals surface area contributed by atoms with Gasteiger partial charge in [-0.3, -0.25) is 0 Å². The van der Waals surface area contributed by atoms with Crippen molar-refractivity contribution in [2.45, 2.75) is 32.1 Å². The molecule has 2 rings (SSSR count). The van der Waals surface area contributed by atoms with Crippen molar-refractivity contribution in [2.24, 2.45) is 5.92 Å². The minimum atomic E-state index is -3.21. The fourth-order valence-corrected chi connectivity index (χ4v) is 4.63. The first kappa shape index (κ1) is 16.0. The highest BCUT2D eigenvalue weighted by Crippen LogP contribution is 2.33. The first-order valence-electron chi connectivity index (χ1n) is 7.44. The van der Waals surface area contributed by atoms with Crippen LogP contribution >= 0.6 is 0 Å². The molecule has 0 unspecified atom stereocenters. The van der Waals surface area contributed by atoms with Gasteiger partial charge in [-0.25, -0.2) is 12.7 Å². The monoisotopic (exact) mass is 306 g/mol. The Bertz CT molecular complexity index is 592. The lowest BCUT2D eigenvalue weighted by Crippen LogP contribution is -2.43. The third kappa shape index (κ3) is 4.05. The van der Waals surface area contributed by atoms with Gasteiger partial charge in [0, 0.05) is 19.5 Å². The van der Waals surface area contributed by atoms with E-state index in [1.54, 1.807) is 4.31 Å². The van der Waals surface area contributed by atoms with Gasteiger partial charge in [0.15, 0.2) is 0 Å². The fourth-order valence-electron chi connectivity index (χ4n) is 3.02. The Labute approximate surface area is 127 Å². The van der Waals surface area contributed by atoms with Crippen LogP contribution in [0.1, 0.15) is 37.7 Å². The average Bonchev–Trinajstić information content (AvgIpc) is 2.48. The standard InChI is InChI=1S/C16H22N2O2S/c1-14-13-18(21(19,20)12-6-5-10-17)11-9-16(14)15-7-3-2-4-8-15/h2-4,7-8,14,16H,5-6,9,11-13H2,1H3/t14-,16+/m0/s1. The topological polar surface area (TPSA) is 61.2 Å². The molecule has 5 heteroatoms. The minimum Gasteiger partial charge on any atom is -0.212 e. The third-order valence-corrected chi connectivity index (χ3v) is 6.10. The third-order valence-electron chi connectivity index (χ3n) is 4.18. The van der Waals surface area contributed by atoms with Crippen molar-refractivity contribution in [3.8, 4) is 6.07 Å². The highest BCUT2D eigenvalue weighted by molar-refractivity contribution is 7.89. The number of benzene rings is 1. The van der Waals surface area contributed by atoms with Crippen molar-refractivity contribution in [1.29, 1.82) is 5.26 Å². The maximum absolute atomic E-state index is 12.3. The van der Waals surface area contributed by atoms with Gasteiger partial charge in [0.1, 0.15) is 0 Å². The lowest BCUT2D eigenvalue weighted by atomic mass is 9.82. The summed E-state index contributed by atoms with van der Waals surface area (Å²) in [5.41, 5.74) is 1.30. The van der Waals surface area contributed by atoms with Crippen molar-refractivity contribution >= 4 is 10.0 Å². The molecule has 0 aromatic heterocycles. The van der Waals surface area contributed by atoms with E-state index in [0.29, 0.717) is 37.8 Å². The molecular weight excluding hydrogens is 284 g/mol. The Morgan fingerprint density at radius 2 is 2.05 bits per heavy atom. The van der Waals surface area contributed by atoms with E-state index in [1.165, 1.54) is 5.56 Å². The Kier molecular flexibility index (Phi) is 5.38. The summed E-state index contributed by atoms with van der Waals surface area (Å²) < 4.78 is 26.1. The molecule has 1 fully saturated rings. The van der Waals surface area contributed by atoms with Crippen molar-refractivity contribution in [3.05, 3.63) is 35.9 Å². The van der Waals surface area contributed by atoms with Crippen LogP contribution in [0.2, 0.25) is 0 Å². The molecule has 1 saturated heterocycles. The molecule has 4 nitrogen and oxygen atoms in total. The minimum absolute atomic E-state index is 0.0866. The number of hydrogen-bond donors (Lipinski definition) is 0. The highest BCUT2D eigenvalue weighted by atomic mass is 32.2. The molecule has 2 atom stereocenters. The summed E-state index contributed by atoms with van der Waals surface area (Å²) in [6, 6.07) is 12.3. The van der Waals surface area contributed by atoms with E-state index in [1.807, 2.05) is 24.3 Å². The molecule has 1 aliphatic rings. The van der Waals surface area contributed by atoms with Crippen molar-refractivity contribution in [1.82, 2.24) is 4.31 Å². The predicted molar refractivity (Wildman–Crippen MR) is 83.2 cm³/mol. The van der Waals surface area contributed by atoms with Crippen LogP contribution in [0, 0.1) is 17.2 Å². The maximum atomic E-state index is 12.3. The first-order valence-corrected chi connectivity index (χ1v) is 9.05. The zero-order chi connectivity index (χ0) is 15.3. The average molecular weight is 306 g/mol. The van der Waals surface area contributed by atoms with Gasteiger partial charge in [0.05, 0.1) is 11.8 Å². The molecule has 0 amide bonds. The number of hydrogen-bond acceptors (Lipinski definition) is 3. The van der Waals surface area contributed by atoms with Gasteiger partial charge >= 0.3 is 0 Å². The van der Waals surface area contributed by atoms with E-state index in [9.17, 15) is 8.42 Å². The van der Waals surface area contributed by atoms with E-state index in [-0.39, 0.29) is 5.75 Å². The van der Waals surface area contributed by atoms with Crippen molar-refractivity contribution in [2.75, 3.05) is 18.8 Å². The number of nitriles is 1. The molecule has 21 heavy (non-hydrogen) atoms. The SMILES string of the molecule is C[C@H]1CN(S(=O)(=O)CCCC#N)CC[C@H]1c1ccccc1.